The average molecular weight is 301 g/mol. The fourth-order valence-electron chi connectivity index (χ4n) is 2.44. The van der Waals surface area contributed by atoms with Crippen LogP contribution in [0.1, 0.15) is 26.5 Å². The van der Waals surface area contributed by atoms with E-state index in [-0.39, 0.29) is 18.1 Å². The van der Waals surface area contributed by atoms with Crippen LogP contribution >= 0.6 is 8.03 Å². The molecule has 8 heteroatoms. The van der Waals surface area contributed by atoms with Crippen LogP contribution in [-0.4, -0.2) is 28.9 Å². The predicted octanol–water partition coefficient (Wildman–Crippen LogP) is 1.24. The molecule has 0 bridgehead atoms. The largest absolute Gasteiger partial charge is 0.504 e. The first-order valence-corrected chi connectivity index (χ1v) is 7.93. The lowest BCUT2D eigenvalue weighted by Crippen LogP contribution is -2.35. The lowest BCUT2D eigenvalue weighted by atomic mass is 9.87. The van der Waals surface area contributed by atoms with Gasteiger partial charge in [0.1, 0.15) is 12.8 Å². The molecule has 1 aromatic heterocycles. The Balaban J connectivity index is 2.21. The van der Waals surface area contributed by atoms with Gasteiger partial charge in [0, 0.05) is 17.7 Å². The molecule has 1 N–H and O–H groups in total. The SMILES string of the molecule is C[P+](=O)OC[C@@H]1CC(C)(C)[C@H](n2ccc(=O)[nH]c2=O)O1. The van der Waals surface area contributed by atoms with Gasteiger partial charge in [-0.2, -0.15) is 0 Å². The molecule has 0 aliphatic carbocycles. The molecule has 0 aromatic carbocycles. The highest BCUT2D eigenvalue weighted by atomic mass is 31.1. The first-order valence-electron chi connectivity index (χ1n) is 6.30. The van der Waals surface area contributed by atoms with E-state index in [1.807, 2.05) is 13.8 Å². The third kappa shape index (κ3) is 3.23. The number of hydrogen-bond donors (Lipinski definition) is 1. The van der Waals surface area contributed by atoms with E-state index < -0.39 is 25.5 Å². The zero-order chi connectivity index (χ0) is 14.9. The van der Waals surface area contributed by atoms with Crippen molar-refractivity contribution in [3.63, 3.8) is 0 Å². The number of aromatic amines is 1. The minimum absolute atomic E-state index is 0.226. The number of ether oxygens (including phenoxy) is 1. The van der Waals surface area contributed by atoms with Crippen molar-refractivity contribution in [1.29, 1.82) is 0 Å². The molecular weight excluding hydrogens is 283 g/mol. The molecule has 1 unspecified atom stereocenters. The van der Waals surface area contributed by atoms with Crippen molar-refractivity contribution in [2.75, 3.05) is 13.3 Å². The van der Waals surface area contributed by atoms with Crippen LogP contribution in [0, 0.1) is 5.41 Å². The van der Waals surface area contributed by atoms with Gasteiger partial charge in [-0.3, -0.25) is 14.3 Å². The number of nitrogens with zero attached hydrogens (tertiary/aromatic N) is 1. The molecule has 1 aromatic rings. The van der Waals surface area contributed by atoms with E-state index in [4.69, 9.17) is 9.26 Å². The summed E-state index contributed by atoms with van der Waals surface area (Å²) >= 11 is 0. The maximum atomic E-state index is 11.8. The van der Waals surface area contributed by atoms with E-state index in [9.17, 15) is 14.2 Å². The Morgan fingerprint density at radius 1 is 1.55 bits per heavy atom. The third-order valence-corrected chi connectivity index (χ3v) is 3.80. The van der Waals surface area contributed by atoms with Gasteiger partial charge in [0.15, 0.2) is 6.66 Å². The summed E-state index contributed by atoms with van der Waals surface area (Å²) in [6.07, 6.45) is 1.38. The Morgan fingerprint density at radius 3 is 2.85 bits per heavy atom. The Hall–Kier alpha value is -1.30. The highest BCUT2D eigenvalue weighted by Gasteiger charge is 2.44. The fraction of sp³-hybridized carbons (Fsp3) is 0.667. The topological polar surface area (TPSA) is 90.4 Å². The molecule has 0 saturated carbocycles. The molecule has 1 aliphatic rings. The van der Waals surface area contributed by atoms with Crippen LogP contribution in [0.3, 0.4) is 0 Å². The summed E-state index contributed by atoms with van der Waals surface area (Å²) < 4.78 is 23.3. The van der Waals surface area contributed by atoms with Gasteiger partial charge in [0.05, 0.1) is 6.10 Å². The van der Waals surface area contributed by atoms with Gasteiger partial charge in [-0.25, -0.2) is 4.79 Å². The summed E-state index contributed by atoms with van der Waals surface area (Å²) in [6, 6.07) is 1.29. The molecule has 110 valence electrons. The molecule has 2 heterocycles. The van der Waals surface area contributed by atoms with Crippen LogP contribution in [0.2, 0.25) is 0 Å². The van der Waals surface area contributed by atoms with Crippen molar-refractivity contribution in [3.8, 4) is 0 Å². The number of hydrogen-bond acceptors (Lipinski definition) is 5. The quantitative estimate of drug-likeness (QED) is 0.845. The van der Waals surface area contributed by atoms with Gasteiger partial charge in [-0.1, -0.05) is 13.8 Å². The third-order valence-electron chi connectivity index (χ3n) is 3.29. The summed E-state index contributed by atoms with van der Waals surface area (Å²) in [7, 11) is -1.67. The van der Waals surface area contributed by atoms with Crippen LogP contribution in [0.4, 0.5) is 0 Å². The van der Waals surface area contributed by atoms with Gasteiger partial charge >= 0.3 is 13.7 Å². The van der Waals surface area contributed by atoms with Gasteiger partial charge in [-0.05, 0) is 11.0 Å². The maximum absolute atomic E-state index is 11.8. The monoisotopic (exact) mass is 301 g/mol. The predicted molar refractivity (Wildman–Crippen MR) is 73.1 cm³/mol. The van der Waals surface area contributed by atoms with Crippen molar-refractivity contribution >= 4 is 8.03 Å². The normalized spacial score (nSPS) is 25.6. The Labute approximate surface area is 116 Å². The Bertz CT molecular complexity index is 621. The smallest absolute Gasteiger partial charge is 0.351 e. The molecule has 20 heavy (non-hydrogen) atoms. The van der Waals surface area contributed by atoms with Crippen molar-refractivity contribution in [2.24, 2.45) is 5.41 Å². The number of H-pyrrole nitrogens is 1. The lowest BCUT2D eigenvalue weighted by molar-refractivity contribution is -0.0453. The zero-order valence-corrected chi connectivity index (χ0v) is 12.6. The Morgan fingerprint density at radius 2 is 2.25 bits per heavy atom. The minimum Gasteiger partial charge on any atom is -0.351 e. The van der Waals surface area contributed by atoms with Crippen LogP contribution in [0.5, 0.6) is 0 Å². The lowest BCUT2D eigenvalue weighted by Gasteiger charge is -2.26. The number of aromatic nitrogens is 2. The van der Waals surface area contributed by atoms with Crippen molar-refractivity contribution in [2.45, 2.75) is 32.6 Å². The van der Waals surface area contributed by atoms with E-state index in [0.29, 0.717) is 6.42 Å². The fourth-order valence-corrected chi connectivity index (χ4v) is 2.82. The summed E-state index contributed by atoms with van der Waals surface area (Å²) in [5, 5.41) is 0. The summed E-state index contributed by atoms with van der Waals surface area (Å²) in [5.41, 5.74) is -1.24. The van der Waals surface area contributed by atoms with Gasteiger partial charge in [-0.15, -0.1) is 4.52 Å². The molecular formula is C12H18N2O5P+. The summed E-state index contributed by atoms with van der Waals surface area (Å²) in [6.45, 7) is 5.66. The summed E-state index contributed by atoms with van der Waals surface area (Å²) in [4.78, 5) is 25.1. The number of rotatable bonds is 4. The highest BCUT2D eigenvalue weighted by Crippen LogP contribution is 2.44. The van der Waals surface area contributed by atoms with E-state index >= 15 is 0 Å². The molecule has 0 amide bonds. The van der Waals surface area contributed by atoms with E-state index in [1.54, 1.807) is 0 Å². The molecule has 0 spiro atoms. The summed E-state index contributed by atoms with van der Waals surface area (Å²) in [5.74, 6) is 0. The van der Waals surface area contributed by atoms with E-state index in [2.05, 4.69) is 4.98 Å². The second-order valence-corrected chi connectivity index (χ2v) is 6.69. The number of nitrogens with one attached hydrogen (secondary N) is 1. The van der Waals surface area contributed by atoms with Gasteiger partial charge < -0.3 is 4.74 Å². The average Bonchev–Trinajstić information content (AvgIpc) is 2.62. The molecule has 1 fully saturated rings. The standard InChI is InChI=1S/C12H17N2O5P/c1-12(2)6-8(7-18-20(3)17)19-10(12)14-5-4-9(15)13-11(14)16/h4-5,8,10H,6-7H2,1-3H3/p+1/t8-,10+/m0/s1. The van der Waals surface area contributed by atoms with Crippen LogP contribution in [-0.2, 0) is 13.8 Å². The Kier molecular flexibility index (Phi) is 4.22. The maximum Gasteiger partial charge on any atom is 0.504 e. The van der Waals surface area contributed by atoms with Crippen LogP contribution < -0.4 is 11.2 Å². The van der Waals surface area contributed by atoms with Crippen molar-refractivity contribution < 1.29 is 13.8 Å². The molecule has 3 atom stereocenters. The first-order chi connectivity index (χ1) is 9.29. The molecule has 7 nitrogen and oxygen atoms in total. The highest BCUT2D eigenvalue weighted by molar-refractivity contribution is 7.38. The second-order valence-electron chi connectivity index (χ2n) is 5.56. The van der Waals surface area contributed by atoms with Gasteiger partial charge in [0.2, 0.25) is 0 Å². The van der Waals surface area contributed by atoms with Crippen molar-refractivity contribution in [1.82, 2.24) is 9.55 Å². The zero-order valence-electron chi connectivity index (χ0n) is 11.7. The first kappa shape index (κ1) is 15.1. The van der Waals surface area contributed by atoms with Crippen molar-refractivity contribution in [3.05, 3.63) is 33.1 Å². The second kappa shape index (κ2) is 5.60. The van der Waals surface area contributed by atoms with Crippen LogP contribution in [0.25, 0.3) is 0 Å². The molecule has 1 saturated heterocycles. The minimum atomic E-state index is -1.67. The van der Waals surface area contributed by atoms with Crippen LogP contribution in [0.15, 0.2) is 21.9 Å². The van der Waals surface area contributed by atoms with E-state index in [0.717, 1.165) is 0 Å². The molecule has 2 rings (SSSR count). The molecule has 0 radical (unpaired) electrons. The molecule has 1 aliphatic heterocycles. The van der Waals surface area contributed by atoms with E-state index in [1.165, 1.54) is 23.5 Å². The van der Waals surface area contributed by atoms with Gasteiger partial charge in [0.25, 0.3) is 5.56 Å².